The Bertz CT molecular complexity index is 1320. The second kappa shape index (κ2) is 14.7. The van der Waals surface area contributed by atoms with Gasteiger partial charge < -0.3 is 0 Å². The molecule has 16 heteroatoms. The van der Waals surface area contributed by atoms with Gasteiger partial charge in [-0.05, 0) is 42.9 Å². The summed E-state index contributed by atoms with van der Waals surface area (Å²) >= 11 is 0. The van der Waals surface area contributed by atoms with Gasteiger partial charge in [-0.15, -0.1) is 0 Å². The molecule has 0 radical (unpaired) electrons. The van der Waals surface area contributed by atoms with Gasteiger partial charge in [-0.2, -0.15) is 36.5 Å². The Balaban J connectivity index is 0.000000215. The quantitative estimate of drug-likeness (QED) is 0.143. The Kier molecular flexibility index (Phi) is 12.0. The van der Waals surface area contributed by atoms with Gasteiger partial charge in [0.15, 0.2) is 11.6 Å². The number of nitrogens with one attached hydrogen (secondary N) is 2. The summed E-state index contributed by atoms with van der Waals surface area (Å²) < 4.78 is 73.0. The van der Waals surface area contributed by atoms with Gasteiger partial charge in [0.05, 0.1) is 0 Å². The number of hydrogen-bond acceptors (Lipinski definition) is 6. The van der Waals surface area contributed by atoms with E-state index in [0.29, 0.717) is 11.4 Å². The van der Waals surface area contributed by atoms with Crippen molar-refractivity contribution in [2.24, 2.45) is 0 Å². The molecule has 0 spiro atoms. The van der Waals surface area contributed by atoms with Gasteiger partial charge in [-0.1, -0.05) is 50.4 Å². The zero-order chi connectivity index (χ0) is 28.5. The maximum Gasteiger partial charge on any atom is 2.00 e. The summed E-state index contributed by atoms with van der Waals surface area (Å²) in [5.41, 5.74) is 0.591. The Morgan fingerprint density at radius 3 is 1.27 bits per heavy atom. The van der Waals surface area contributed by atoms with Crippen LogP contribution in [0.5, 0.6) is 0 Å². The normalized spacial score (nSPS) is 11.0. The van der Waals surface area contributed by atoms with E-state index in [4.69, 9.17) is 0 Å². The maximum atomic E-state index is 12.2. The molecule has 0 unspecified atom stereocenters. The van der Waals surface area contributed by atoms with Crippen molar-refractivity contribution in [3.63, 3.8) is 0 Å². The molecule has 0 aliphatic rings. The average Bonchev–Trinajstić information content (AvgIpc) is 3.62. The molecule has 4 aromatic heterocycles. The number of halogens is 6. The molecular weight excluding hydrogens is 646 g/mol. The van der Waals surface area contributed by atoms with Crippen LogP contribution in [0.3, 0.4) is 0 Å². The molecule has 0 aliphatic carbocycles. The van der Waals surface area contributed by atoms with Gasteiger partial charge in [-0.25, -0.2) is 9.97 Å². The van der Waals surface area contributed by atoms with Gasteiger partial charge in [0.2, 0.25) is 11.6 Å². The van der Waals surface area contributed by atoms with Crippen molar-refractivity contribution in [3.8, 4) is 23.0 Å². The fraction of sp³-hybridized carbons (Fsp3) is 0.167. The summed E-state index contributed by atoms with van der Waals surface area (Å²) in [5.74, 6) is -2.38. The fourth-order valence-electron chi connectivity index (χ4n) is 2.72. The first-order chi connectivity index (χ1) is 18.4. The summed E-state index contributed by atoms with van der Waals surface area (Å²) in [6.45, 7) is 4.54. The topological polar surface area (TPSA) is 109 Å². The third kappa shape index (κ3) is 9.87. The first-order valence-electron chi connectivity index (χ1n) is 11.0. The number of nitrogens with zero attached hydrogens (tertiary/aromatic N) is 6. The van der Waals surface area contributed by atoms with Crippen LogP contribution in [-0.4, -0.2) is 53.7 Å². The molecule has 5 rings (SSSR count). The third-order valence-corrected chi connectivity index (χ3v) is 5.90. The van der Waals surface area contributed by atoms with Crippen molar-refractivity contribution in [2.45, 2.75) is 12.4 Å². The first kappa shape index (κ1) is 32.6. The molecule has 0 bridgehead atoms. The first-order valence-corrected chi connectivity index (χ1v) is 13.2. The predicted molar refractivity (Wildman–Crippen MR) is 134 cm³/mol. The Morgan fingerprint density at radius 2 is 1.00 bits per heavy atom. The van der Waals surface area contributed by atoms with Crippen LogP contribution in [0.25, 0.3) is 23.0 Å². The van der Waals surface area contributed by atoms with Crippen molar-refractivity contribution in [2.75, 3.05) is 13.3 Å². The molecule has 40 heavy (non-hydrogen) atoms. The van der Waals surface area contributed by atoms with Crippen LogP contribution in [0.2, 0.25) is 0 Å². The van der Waals surface area contributed by atoms with Gasteiger partial charge in [0.25, 0.3) is 0 Å². The summed E-state index contributed by atoms with van der Waals surface area (Å²) in [6, 6.07) is 20.3. The zero-order valence-corrected chi connectivity index (χ0v) is 23.4. The van der Waals surface area contributed by atoms with Crippen LogP contribution in [0.1, 0.15) is 11.6 Å². The van der Waals surface area contributed by atoms with Crippen LogP contribution < -0.4 is 5.30 Å². The average molecular weight is 668 g/mol. The molecule has 0 saturated carbocycles. The van der Waals surface area contributed by atoms with Gasteiger partial charge in [-0.3, -0.25) is 20.2 Å². The van der Waals surface area contributed by atoms with Gasteiger partial charge in [0, 0.05) is 12.4 Å². The van der Waals surface area contributed by atoms with Crippen molar-refractivity contribution < 1.29 is 45.8 Å². The van der Waals surface area contributed by atoms with E-state index < -0.39 is 24.0 Å². The smallest absolute Gasteiger partial charge is 0.255 e. The molecular formula is C24H21F6N8PRu+2. The van der Waals surface area contributed by atoms with Gasteiger partial charge >= 0.3 is 31.8 Å². The zero-order valence-electron chi connectivity index (χ0n) is 20.8. The monoisotopic (exact) mass is 668 g/mol. The minimum absolute atomic E-state index is 0. The predicted octanol–water partition coefficient (Wildman–Crippen LogP) is 5.82. The van der Waals surface area contributed by atoms with E-state index in [0.717, 1.165) is 0 Å². The number of pyridine rings is 2. The van der Waals surface area contributed by atoms with E-state index in [1.54, 1.807) is 24.3 Å². The number of benzene rings is 1. The van der Waals surface area contributed by atoms with Crippen molar-refractivity contribution in [1.82, 2.24) is 40.3 Å². The van der Waals surface area contributed by atoms with E-state index in [1.165, 1.54) is 29.8 Å². The van der Waals surface area contributed by atoms with E-state index in [1.807, 2.05) is 10.2 Å². The van der Waals surface area contributed by atoms with Crippen LogP contribution in [0.4, 0.5) is 26.3 Å². The molecule has 2 N–H and O–H groups in total. The van der Waals surface area contributed by atoms with Crippen LogP contribution in [-0.2, 0) is 31.8 Å². The summed E-state index contributed by atoms with van der Waals surface area (Å²) in [6.07, 6.45) is -6.11. The molecule has 1 aromatic carbocycles. The van der Waals surface area contributed by atoms with E-state index in [-0.39, 0.29) is 39.0 Å². The third-order valence-electron chi connectivity index (χ3n) is 4.57. The van der Waals surface area contributed by atoms with Gasteiger partial charge in [0.1, 0.15) is 11.4 Å². The number of rotatable bonds is 3. The molecule has 0 fully saturated rings. The number of H-pyrrole nitrogens is 2. The molecule has 5 aromatic rings. The summed E-state index contributed by atoms with van der Waals surface area (Å²) in [4.78, 5) is 14.3. The standard InChI is InChI=1S/2C8H5F3N4.C8H11P.Ru/c2*9-8(10,11)7-13-6(14-15-7)5-3-1-2-4-12-5;1-9(2)8-6-4-3-5-7-8;/h2*1-4H,(H,13,14,15);3-7H,1-2H3;/q;;;+2. The number of alkyl halides is 6. The van der Waals surface area contributed by atoms with Crippen LogP contribution in [0, 0.1) is 0 Å². The molecule has 4 heterocycles. The SMILES string of the molecule is CP(C)c1ccccc1.FC(F)(F)c1nc(-c2ccccn2)n[nH]1.FC(F)(F)c1nc(-c2ccccn2)n[nH]1.[Ru+2]. The van der Waals surface area contributed by atoms with Crippen molar-refractivity contribution >= 4 is 13.2 Å². The molecule has 0 aliphatic heterocycles. The molecule has 0 atom stereocenters. The summed E-state index contributed by atoms with van der Waals surface area (Å²) in [7, 11) is 0.104. The minimum atomic E-state index is -4.51. The van der Waals surface area contributed by atoms with E-state index in [9.17, 15) is 26.3 Å². The second-order valence-corrected chi connectivity index (χ2v) is 9.98. The van der Waals surface area contributed by atoms with Crippen molar-refractivity contribution in [1.29, 1.82) is 0 Å². The van der Waals surface area contributed by atoms with E-state index in [2.05, 4.69) is 73.8 Å². The minimum Gasteiger partial charge on any atom is -0.255 e. The van der Waals surface area contributed by atoms with Crippen LogP contribution in [0.15, 0.2) is 79.1 Å². The number of aromatic nitrogens is 8. The largest absolute Gasteiger partial charge is 2.00 e. The number of hydrogen-bond donors (Lipinski definition) is 2. The maximum absolute atomic E-state index is 12.2. The van der Waals surface area contributed by atoms with Crippen molar-refractivity contribution in [3.05, 3.63) is 90.8 Å². The Labute approximate surface area is 238 Å². The number of aromatic amines is 2. The molecule has 0 amide bonds. The summed E-state index contributed by atoms with van der Waals surface area (Å²) in [5, 5.41) is 12.0. The second-order valence-electron chi connectivity index (χ2n) is 7.67. The fourth-order valence-corrected chi connectivity index (χ4v) is 3.49. The van der Waals surface area contributed by atoms with E-state index >= 15 is 0 Å². The Hall–Kier alpha value is -3.57. The Morgan fingerprint density at radius 1 is 0.600 bits per heavy atom. The molecule has 210 valence electrons. The molecule has 0 saturated heterocycles. The van der Waals surface area contributed by atoms with Crippen LogP contribution >= 0.6 is 7.92 Å². The molecule has 8 nitrogen and oxygen atoms in total.